The number of hydrogen-bond donors (Lipinski definition) is 0. The number of methoxy groups -OCH3 is 2. The molecule has 0 fully saturated rings. The van der Waals surface area contributed by atoms with Crippen molar-refractivity contribution in [1.29, 1.82) is 0 Å². The summed E-state index contributed by atoms with van der Waals surface area (Å²) in [5, 5.41) is 4.06. The van der Waals surface area contributed by atoms with E-state index in [1.54, 1.807) is 38.3 Å². The molecule has 1 amide bonds. The lowest BCUT2D eigenvalue weighted by Gasteiger charge is -2.17. The van der Waals surface area contributed by atoms with Crippen LogP contribution in [0.4, 0.5) is 0 Å². The van der Waals surface area contributed by atoms with Crippen LogP contribution in [0.3, 0.4) is 0 Å². The van der Waals surface area contributed by atoms with Gasteiger partial charge in [-0.05, 0) is 48.2 Å². The van der Waals surface area contributed by atoms with Crippen LogP contribution < -0.4 is 9.47 Å². The molecule has 0 aliphatic heterocycles. The molecule has 0 atom stereocenters. The SMILES string of the molecule is COc1ccc(-c2noc(CN(C)C(=O)c3ccccc3CCc3ccccc3)n2)cc1OC. The number of aromatic nitrogens is 2. The van der Waals surface area contributed by atoms with Crippen molar-refractivity contribution in [3.05, 3.63) is 95.4 Å². The summed E-state index contributed by atoms with van der Waals surface area (Å²) in [6, 6.07) is 23.4. The van der Waals surface area contributed by atoms with E-state index >= 15 is 0 Å². The van der Waals surface area contributed by atoms with E-state index in [0.29, 0.717) is 28.8 Å². The highest BCUT2D eigenvalue weighted by Gasteiger charge is 2.19. The average molecular weight is 458 g/mol. The molecule has 7 nitrogen and oxygen atoms in total. The molecule has 0 unspecified atom stereocenters. The van der Waals surface area contributed by atoms with Crippen LogP contribution in [0.2, 0.25) is 0 Å². The average Bonchev–Trinajstić information content (AvgIpc) is 3.35. The van der Waals surface area contributed by atoms with Crippen LogP contribution in [0.15, 0.2) is 77.3 Å². The molecule has 0 aliphatic carbocycles. The Bertz CT molecular complexity index is 1250. The van der Waals surface area contributed by atoms with Crippen LogP contribution >= 0.6 is 0 Å². The monoisotopic (exact) mass is 457 g/mol. The maximum Gasteiger partial charge on any atom is 0.254 e. The molecule has 0 N–H and O–H groups in total. The van der Waals surface area contributed by atoms with Crippen molar-refractivity contribution in [3.8, 4) is 22.9 Å². The van der Waals surface area contributed by atoms with Crippen LogP contribution in [0, 0.1) is 0 Å². The van der Waals surface area contributed by atoms with Crippen molar-refractivity contribution in [2.45, 2.75) is 19.4 Å². The van der Waals surface area contributed by atoms with E-state index in [9.17, 15) is 4.79 Å². The Morgan fingerprint density at radius 1 is 0.912 bits per heavy atom. The number of hydrogen-bond acceptors (Lipinski definition) is 6. The van der Waals surface area contributed by atoms with E-state index in [1.165, 1.54) is 5.56 Å². The minimum atomic E-state index is -0.0884. The van der Waals surface area contributed by atoms with E-state index in [1.807, 2.05) is 48.5 Å². The topological polar surface area (TPSA) is 77.7 Å². The zero-order valence-corrected chi connectivity index (χ0v) is 19.5. The first-order valence-electron chi connectivity index (χ1n) is 11.0. The van der Waals surface area contributed by atoms with Crippen molar-refractivity contribution in [1.82, 2.24) is 15.0 Å². The van der Waals surface area contributed by atoms with E-state index in [2.05, 4.69) is 22.3 Å². The molecule has 0 bridgehead atoms. The first kappa shape index (κ1) is 23.0. The number of carbonyl (C=O) groups is 1. The highest BCUT2D eigenvalue weighted by Crippen LogP contribution is 2.31. The van der Waals surface area contributed by atoms with E-state index in [4.69, 9.17) is 14.0 Å². The van der Waals surface area contributed by atoms with Crippen molar-refractivity contribution >= 4 is 5.91 Å². The van der Waals surface area contributed by atoms with Gasteiger partial charge < -0.3 is 18.9 Å². The third-order valence-electron chi connectivity index (χ3n) is 5.60. The van der Waals surface area contributed by atoms with Gasteiger partial charge in [0.05, 0.1) is 20.8 Å². The Hall–Kier alpha value is -4.13. The Morgan fingerprint density at radius 2 is 1.65 bits per heavy atom. The highest BCUT2D eigenvalue weighted by molar-refractivity contribution is 5.95. The predicted octanol–water partition coefficient (Wildman–Crippen LogP) is 4.81. The summed E-state index contributed by atoms with van der Waals surface area (Å²) in [6.07, 6.45) is 1.65. The standard InChI is InChI=1S/C27H27N3O4/c1-30(18-25-28-26(29-34-25)21-15-16-23(32-2)24(17-21)33-3)27(31)22-12-8-7-11-20(22)14-13-19-9-5-4-6-10-19/h4-12,15-17H,13-14,18H2,1-3H3. The summed E-state index contributed by atoms with van der Waals surface area (Å²) < 4.78 is 16.0. The third kappa shape index (κ3) is 5.26. The summed E-state index contributed by atoms with van der Waals surface area (Å²) in [5.41, 5.74) is 3.67. The number of benzene rings is 3. The molecule has 1 heterocycles. The van der Waals surface area contributed by atoms with E-state index < -0.39 is 0 Å². The second kappa shape index (κ2) is 10.7. The van der Waals surface area contributed by atoms with Gasteiger partial charge in [-0.15, -0.1) is 0 Å². The molecule has 4 rings (SSSR count). The Morgan fingerprint density at radius 3 is 2.41 bits per heavy atom. The fourth-order valence-electron chi connectivity index (χ4n) is 3.76. The van der Waals surface area contributed by atoms with E-state index in [-0.39, 0.29) is 12.5 Å². The molecule has 0 spiro atoms. The second-order valence-electron chi connectivity index (χ2n) is 7.89. The summed E-state index contributed by atoms with van der Waals surface area (Å²) in [7, 11) is 4.88. The molecule has 7 heteroatoms. The van der Waals surface area contributed by atoms with Crippen LogP contribution in [0.5, 0.6) is 11.5 Å². The molecule has 0 saturated carbocycles. The van der Waals surface area contributed by atoms with Crippen LogP contribution in [0.25, 0.3) is 11.4 Å². The Kier molecular flexibility index (Phi) is 7.22. The molecule has 0 aliphatic rings. The molecular weight excluding hydrogens is 430 g/mol. The molecule has 4 aromatic rings. The minimum Gasteiger partial charge on any atom is -0.493 e. The lowest BCUT2D eigenvalue weighted by molar-refractivity contribution is 0.0768. The summed E-state index contributed by atoms with van der Waals surface area (Å²) in [5.74, 6) is 1.87. The number of nitrogens with zero attached hydrogens (tertiary/aromatic N) is 3. The first-order valence-corrected chi connectivity index (χ1v) is 11.0. The minimum absolute atomic E-state index is 0.0884. The van der Waals surface area contributed by atoms with Gasteiger partial charge in [-0.2, -0.15) is 4.98 Å². The highest BCUT2D eigenvalue weighted by atomic mass is 16.5. The predicted molar refractivity (Wildman–Crippen MR) is 129 cm³/mol. The van der Waals surface area contributed by atoms with Crippen molar-refractivity contribution in [3.63, 3.8) is 0 Å². The smallest absolute Gasteiger partial charge is 0.254 e. The van der Waals surface area contributed by atoms with Gasteiger partial charge in [0.15, 0.2) is 11.5 Å². The number of ether oxygens (including phenoxy) is 2. The van der Waals surface area contributed by atoms with Crippen molar-refractivity contribution < 1.29 is 18.8 Å². The molecular formula is C27H27N3O4. The van der Waals surface area contributed by atoms with Crippen LogP contribution in [-0.4, -0.2) is 42.2 Å². The van der Waals surface area contributed by atoms with Gasteiger partial charge in [0.2, 0.25) is 11.7 Å². The third-order valence-corrected chi connectivity index (χ3v) is 5.60. The number of rotatable bonds is 9. The van der Waals surface area contributed by atoms with Gasteiger partial charge >= 0.3 is 0 Å². The molecule has 1 aromatic heterocycles. The van der Waals surface area contributed by atoms with Gasteiger partial charge in [0, 0.05) is 18.2 Å². The zero-order chi connectivity index (χ0) is 23.9. The van der Waals surface area contributed by atoms with Gasteiger partial charge in [0.25, 0.3) is 5.91 Å². The quantitative estimate of drug-likeness (QED) is 0.359. The van der Waals surface area contributed by atoms with Gasteiger partial charge in [-0.25, -0.2) is 0 Å². The summed E-state index contributed by atoms with van der Waals surface area (Å²) in [6.45, 7) is 0.201. The molecule has 174 valence electrons. The maximum absolute atomic E-state index is 13.2. The Labute approximate surface area is 198 Å². The lowest BCUT2D eigenvalue weighted by Crippen LogP contribution is -2.27. The van der Waals surface area contributed by atoms with Crippen LogP contribution in [0.1, 0.15) is 27.4 Å². The van der Waals surface area contributed by atoms with Gasteiger partial charge in [0.1, 0.15) is 0 Å². The van der Waals surface area contributed by atoms with Gasteiger partial charge in [-0.3, -0.25) is 4.79 Å². The molecule has 34 heavy (non-hydrogen) atoms. The lowest BCUT2D eigenvalue weighted by atomic mass is 9.99. The number of carbonyl (C=O) groups excluding carboxylic acids is 1. The van der Waals surface area contributed by atoms with Gasteiger partial charge in [-0.1, -0.05) is 53.7 Å². The fraction of sp³-hybridized carbons (Fsp3) is 0.222. The number of amides is 1. The molecule has 0 radical (unpaired) electrons. The summed E-state index contributed by atoms with van der Waals surface area (Å²) >= 11 is 0. The molecule has 3 aromatic carbocycles. The molecule has 0 saturated heterocycles. The van der Waals surface area contributed by atoms with Crippen molar-refractivity contribution in [2.75, 3.05) is 21.3 Å². The number of aryl methyl sites for hydroxylation is 2. The normalized spacial score (nSPS) is 10.7. The second-order valence-corrected chi connectivity index (χ2v) is 7.89. The largest absolute Gasteiger partial charge is 0.493 e. The summed E-state index contributed by atoms with van der Waals surface area (Å²) in [4.78, 5) is 19.3. The first-order chi connectivity index (χ1) is 16.6. The fourth-order valence-corrected chi connectivity index (χ4v) is 3.76. The van der Waals surface area contributed by atoms with Crippen molar-refractivity contribution in [2.24, 2.45) is 0 Å². The maximum atomic E-state index is 13.2. The van der Waals surface area contributed by atoms with Crippen LogP contribution in [-0.2, 0) is 19.4 Å². The van der Waals surface area contributed by atoms with E-state index in [0.717, 1.165) is 24.0 Å². The zero-order valence-electron chi connectivity index (χ0n) is 19.5. The Balaban J connectivity index is 1.45.